The Morgan fingerprint density at radius 2 is 0.493 bits per heavy atom. The fraction of sp³-hybridized carbons (Fsp3) is 0.836. The molecule has 0 rings (SSSR count). The van der Waals surface area contributed by atoms with E-state index in [-0.39, 0.29) is 31.1 Å². The molecule has 0 saturated heterocycles. The summed E-state index contributed by atoms with van der Waals surface area (Å²) >= 11 is 0. The lowest BCUT2D eigenvalue weighted by Gasteiger charge is -2.18. The summed E-state index contributed by atoms with van der Waals surface area (Å²) in [6.45, 7) is 6.67. The van der Waals surface area contributed by atoms with Crippen molar-refractivity contribution >= 4 is 17.9 Å². The molecule has 0 radical (unpaired) electrons. The van der Waals surface area contributed by atoms with Crippen molar-refractivity contribution < 1.29 is 28.6 Å². The zero-order valence-corrected chi connectivity index (χ0v) is 48.9. The van der Waals surface area contributed by atoms with Crippen molar-refractivity contribution in [3.05, 3.63) is 48.6 Å². The summed E-state index contributed by atoms with van der Waals surface area (Å²) in [6, 6.07) is 0. The molecule has 0 fully saturated rings. The Hall–Kier alpha value is -2.63. The van der Waals surface area contributed by atoms with Crippen molar-refractivity contribution in [2.45, 2.75) is 348 Å². The fourth-order valence-corrected chi connectivity index (χ4v) is 9.45. The molecule has 1 unspecified atom stereocenters. The van der Waals surface area contributed by atoms with E-state index in [9.17, 15) is 14.4 Å². The smallest absolute Gasteiger partial charge is 0.306 e. The highest BCUT2D eigenvalue weighted by atomic mass is 16.6. The number of esters is 3. The van der Waals surface area contributed by atoms with Crippen LogP contribution in [-0.2, 0) is 28.6 Å². The van der Waals surface area contributed by atoms with Crippen LogP contribution in [0.3, 0.4) is 0 Å². The monoisotopic (exact) mass is 1020 g/mol. The van der Waals surface area contributed by atoms with Gasteiger partial charge in [-0.1, -0.05) is 288 Å². The van der Waals surface area contributed by atoms with Gasteiger partial charge >= 0.3 is 17.9 Å². The maximum absolute atomic E-state index is 12.9. The molecule has 426 valence electrons. The Morgan fingerprint density at radius 1 is 0.274 bits per heavy atom. The first-order valence-corrected chi connectivity index (χ1v) is 32.1. The van der Waals surface area contributed by atoms with Crippen LogP contribution in [0.1, 0.15) is 342 Å². The first kappa shape index (κ1) is 70.4. The van der Waals surface area contributed by atoms with Crippen molar-refractivity contribution in [3.63, 3.8) is 0 Å². The van der Waals surface area contributed by atoms with Gasteiger partial charge in [0.2, 0.25) is 0 Å². The SMILES string of the molecule is CCCCCCC/C=C\C/C=C\C/C=C\CCCCCCCCC(=O)OCC(COC(=O)CCCCCCCCCCCCCCCCCC)OC(=O)CCCCCCCCC/C=C\CCCCCCCCC. The van der Waals surface area contributed by atoms with E-state index in [1.807, 2.05) is 0 Å². The molecule has 6 nitrogen and oxygen atoms in total. The molecule has 0 aliphatic heterocycles. The second-order valence-corrected chi connectivity index (χ2v) is 21.7. The summed E-state index contributed by atoms with van der Waals surface area (Å²) in [7, 11) is 0. The summed E-state index contributed by atoms with van der Waals surface area (Å²) < 4.78 is 16.9. The number of hydrogen-bond acceptors (Lipinski definition) is 6. The Morgan fingerprint density at radius 3 is 0.781 bits per heavy atom. The molecule has 6 heteroatoms. The van der Waals surface area contributed by atoms with Crippen LogP contribution >= 0.6 is 0 Å². The van der Waals surface area contributed by atoms with Gasteiger partial charge in [-0.15, -0.1) is 0 Å². The first-order chi connectivity index (χ1) is 36.0. The lowest BCUT2D eigenvalue weighted by Crippen LogP contribution is -2.30. The van der Waals surface area contributed by atoms with Crippen molar-refractivity contribution in [3.8, 4) is 0 Å². The number of ether oxygens (including phenoxy) is 3. The molecular weight excluding hydrogens is 901 g/mol. The van der Waals surface area contributed by atoms with Crippen LogP contribution in [0, 0.1) is 0 Å². The molecule has 0 spiro atoms. The third-order valence-corrected chi connectivity index (χ3v) is 14.3. The molecule has 0 bridgehead atoms. The maximum atomic E-state index is 12.9. The highest BCUT2D eigenvalue weighted by Gasteiger charge is 2.19. The predicted molar refractivity (Wildman–Crippen MR) is 316 cm³/mol. The van der Waals surface area contributed by atoms with Crippen molar-refractivity contribution in [1.82, 2.24) is 0 Å². The minimum Gasteiger partial charge on any atom is -0.462 e. The third kappa shape index (κ3) is 60.1. The summed E-state index contributed by atoms with van der Waals surface area (Å²) in [4.78, 5) is 38.3. The van der Waals surface area contributed by atoms with Crippen molar-refractivity contribution in [2.75, 3.05) is 13.2 Å². The van der Waals surface area contributed by atoms with Crippen molar-refractivity contribution in [2.24, 2.45) is 0 Å². The number of carbonyl (C=O) groups is 3. The highest BCUT2D eigenvalue weighted by molar-refractivity contribution is 5.71. The van der Waals surface area contributed by atoms with Gasteiger partial charge in [-0.25, -0.2) is 0 Å². The fourth-order valence-electron chi connectivity index (χ4n) is 9.45. The Kier molecular flexibility index (Phi) is 59.7. The summed E-state index contributed by atoms with van der Waals surface area (Å²) in [5, 5.41) is 0. The Balaban J connectivity index is 4.37. The average Bonchev–Trinajstić information content (AvgIpc) is 3.39. The normalized spacial score (nSPS) is 12.3. The van der Waals surface area contributed by atoms with Gasteiger partial charge in [0.05, 0.1) is 0 Å². The largest absolute Gasteiger partial charge is 0.462 e. The quantitative estimate of drug-likeness (QED) is 0.0261. The number of allylic oxidation sites excluding steroid dienone is 8. The van der Waals surface area contributed by atoms with Crippen LogP contribution in [0.2, 0.25) is 0 Å². The van der Waals surface area contributed by atoms with Gasteiger partial charge < -0.3 is 14.2 Å². The molecule has 0 aromatic rings. The molecule has 0 aromatic heterocycles. The van der Waals surface area contributed by atoms with E-state index in [0.29, 0.717) is 19.3 Å². The van der Waals surface area contributed by atoms with E-state index in [1.54, 1.807) is 0 Å². The Labute approximate surface area is 454 Å². The molecule has 0 aromatic carbocycles. The van der Waals surface area contributed by atoms with Crippen LogP contribution in [0.4, 0.5) is 0 Å². The number of hydrogen-bond donors (Lipinski definition) is 0. The zero-order valence-electron chi connectivity index (χ0n) is 48.9. The average molecular weight is 1020 g/mol. The van der Waals surface area contributed by atoms with E-state index in [1.165, 1.54) is 225 Å². The van der Waals surface area contributed by atoms with Gasteiger partial charge in [0.25, 0.3) is 0 Å². The molecule has 0 amide bonds. The lowest BCUT2D eigenvalue weighted by atomic mass is 10.0. The standard InChI is InChI=1S/C67H122O6/c1-4-7-10-13-16-19-22-25-28-31-33-34-35-37-39-42-45-48-51-54-57-60-66(69)72-63-64(62-71-65(68)59-56-53-50-47-44-41-38-30-27-24-21-18-15-12-9-6-3)73-67(70)61-58-55-52-49-46-43-40-36-32-29-26-23-20-17-14-11-8-5-2/h22,25,29,31-33,35,37,64H,4-21,23-24,26-28,30,34,36,38-63H2,1-3H3/b25-22-,32-29-,33-31-,37-35-. The number of carbonyl (C=O) groups excluding carboxylic acids is 3. The maximum Gasteiger partial charge on any atom is 0.306 e. The van der Waals surface area contributed by atoms with Gasteiger partial charge in [-0.2, -0.15) is 0 Å². The first-order valence-electron chi connectivity index (χ1n) is 32.1. The second-order valence-electron chi connectivity index (χ2n) is 21.7. The van der Waals surface area contributed by atoms with Gasteiger partial charge in [-0.05, 0) is 83.5 Å². The molecule has 0 saturated carbocycles. The lowest BCUT2D eigenvalue weighted by molar-refractivity contribution is -0.167. The van der Waals surface area contributed by atoms with Crippen molar-refractivity contribution in [1.29, 1.82) is 0 Å². The molecule has 0 heterocycles. The second kappa shape index (κ2) is 61.9. The molecule has 0 aliphatic rings. The zero-order chi connectivity index (χ0) is 52.9. The van der Waals surface area contributed by atoms with Crippen LogP contribution in [0.15, 0.2) is 48.6 Å². The van der Waals surface area contributed by atoms with Crippen LogP contribution in [0.5, 0.6) is 0 Å². The topological polar surface area (TPSA) is 78.9 Å². The molecule has 0 N–H and O–H groups in total. The van der Waals surface area contributed by atoms with Crippen LogP contribution in [-0.4, -0.2) is 37.2 Å². The van der Waals surface area contributed by atoms with E-state index >= 15 is 0 Å². The summed E-state index contributed by atoms with van der Waals surface area (Å²) in [6.07, 6.45) is 76.8. The number of rotatable bonds is 59. The van der Waals surface area contributed by atoms with Gasteiger partial charge in [0, 0.05) is 19.3 Å². The van der Waals surface area contributed by atoms with E-state index in [0.717, 1.165) is 77.0 Å². The number of unbranched alkanes of at least 4 members (excludes halogenated alkanes) is 40. The molecule has 73 heavy (non-hydrogen) atoms. The summed E-state index contributed by atoms with van der Waals surface area (Å²) in [5.74, 6) is -0.872. The minimum atomic E-state index is -0.780. The molecule has 1 atom stereocenters. The summed E-state index contributed by atoms with van der Waals surface area (Å²) in [5.41, 5.74) is 0. The highest BCUT2D eigenvalue weighted by Crippen LogP contribution is 2.17. The van der Waals surface area contributed by atoms with E-state index in [4.69, 9.17) is 14.2 Å². The van der Waals surface area contributed by atoms with Gasteiger partial charge in [0.1, 0.15) is 13.2 Å². The molecule has 0 aliphatic carbocycles. The Bertz CT molecular complexity index is 1270. The van der Waals surface area contributed by atoms with E-state index < -0.39 is 6.10 Å². The van der Waals surface area contributed by atoms with Crippen LogP contribution < -0.4 is 0 Å². The van der Waals surface area contributed by atoms with Crippen LogP contribution in [0.25, 0.3) is 0 Å². The minimum absolute atomic E-state index is 0.0755. The molecular formula is C67H122O6. The third-order valence-electron chi connectivity index (χ3n) is 14.3. The van der Waals surface area contributed by atoms with Gasteiger partial charge in [-0.3, -0.25) is 14.4 Å². The predicted octanol–water partition coefficient (Wildman–Crippen LogP) is 21.8. The van der Waals surface area contributed by atoms with E-state index in [2.05, 4.69) is 69.4 Å². The van der Waals surface area contributed by atoms with Gasteiger partial charge in [0.15, 0.2) is 6.10 Å².